The normalized spacial score (nSPS) is 10.9. The van der Waals surface area contributed by atoms with E-state index in [4.69, 9.17) is 0 Å². The molecule has 0 atom stereocenters. The number of tetrazole rings is 1. The Balaban J connectivity index is 1.71. The highest BCUT2D eigenvalue weighted by Crippen LogP contribution is 2.27. The first-order chi connectivity index (χ1) is 9.72. The van der Waals surface area contributed by atoms with E-state index in [1.54, 1.807) is 27.8 Å². The molecule has 3 rings (SSSR count). The number of hydrogen-bond acceptors (Lipinski definition) is 6. The van der Waals surface area contributed by atoms with E-state index in [1.165, 1.54) is 5.56 Å². The first-order valence-electron chi connectivity index (χ1n) is 6.09. The van der Waals surface area contributed by atoms with E-state index in [9.17, 15) is 0 Å². The molecule has 0 radical (unpaired) electrons. The van der Waals surface area contributed by atoms with Crippen LogP contribution in [0.15, 0.2) is 34.8 Å². The van der Waals surface area contributed by atoms with Crippen molar-refractivity contribution in [2.24, 2.45) is 7.05 Å². The number of aryl methyl sites for hydroxylation is 2. The number of nitrogens with zero attached hydrogens (tertiary/aromatic N) is 5. The van der Waals surface area contributed by atoms with Gasteiger partial charge in [0.25, 0.3) is 0 Å². The fourth-order valence-electron chi connectivity index (χ4n) is 1.68. The smallest absolute Gasteiger partial charge is 0.209 e. The molecule has 0 N–H and O–H groups in total. The number of aromatic nitrogens is 5. The van der Waals surface area contributed by atoms with Crippen LogP contribution in [0.3, 0.4) is 0 Å². The maximum absolute atomic E-state index is 4.66. The van der Waals surface area contributed by atoms with Crippen LogP contribution in [0.1, 0.15) is 11.3 Å². The lowest BCUT2D eigenvalue weighted by Gasteiger charge is -1.97. The molecule has 2 heterocycles. The molecule has 1 aromatic carbocycles. The van der Waals surface area contributed by atoms with Gasteiger partial charge >= 0.3 is 0 Å². The lowest BCUT2D eigenvalue weighted by molar-refractivity contribution is 0.664. The first-order valence-corrected chi connectivity index (χ1v) is 7.95. The molecule has 7 heteroatoms. The van der Waals surface area contributed by atoms with Crippen LogP contribution in [0.2, 0.25) is 0 Å². The Labute approximate surface area is 125 Å². The van der Waals surface area contributed by atoms with Crippen molar-refractivity contribution >= 4 is 23.1 Å². The van der Waals surface area contributed by atoms with Gasteiger partial charge in [-0.1, -0.05) is 41.6 Å². The van der Waals surface area contributed by atoms with Crippen molar-refractivity contribution in [1.82, 2.24) is 25.2 Å². The maximum Gasteiger partial charge on any atom is 0.209 e. The summed E-state index contributed by atoms with van der Waals surface area (Å²) in [5.74, 6) is 0.774. The minimum Gasteiger partial charge on any atom is -0.240 e. The van der Waals surface area contributed by atoms with Crippen LogP contribution >= 0.6 is 23.1 Å². The Morgan fingerprint density at radius 2 is 2.05 bits per heavy atom. The summed E-state index contributed by atoms with van der Waals surface area (Å²) < 4.78 is 1.66. The zero-order valence-electron chi connectivity index (χ0n) is 11.1. The fraction of sp³-hybridized carbons (Fsp3) is 0.231. The van der Waals surface area contributed by atoms with Gasteiger partial charge in [0.15, 0.2) is 0 Å². The summed E-state index contributed by atoms with van der Waals surface area (Å²) in [5, 5.41) is 15.3. The summed E-state index contributed by atoms with van der Waals surface area (Å²) in [5.41, 5.74) is 3.48. The van der Waals surface area contributed by atoms with E-state index in [1.807, 2.05) is 7.05 Å². The van der Waals surface area contributed by atoms with Crippen LogP contribution < -0.4 is 0 Å². The van der Waals surface area contributed by atoms with Gasteiger partial charge in [0.2, 0.25) is 5.16 Å². The quantitative estimate of drug-likeness (QED) is 0.694. The van der Waals surface area contributed by atoms with E-state index < -0.39 is 0 Å². The fourth-order valence-corrected chi connectivity index (χ4v) is 3.36. The number of rotatable bonds is 4. The number of benzene rings is 1. The third-order valence-corrected chi connectivity index (χ3v) is 4.77. The Morgan fingerprint density at radius 1 is 1.25 bits per heavy atom. The second kappa shape index (κ2) is 5.72. The lowest BCUT2D eigenvalue weighted by atomic mass is 10.2. The highest BCUT2D eigenvalue weighted by Gasteiger charge is 2.08. The first kappa shape index (κ1) is 13.3. The van der Waals surface area contributed by atoms with Crippen LogP contribution in [-0.2, 0) is 12.8 Å². The SMILES string of the molecule is Cc1ccc(-c2nc(CSc3nnnn3C)cs2)cc1. The van der Waals surface area contributed by atoms with Gasteiger partial charge in [-0.05, 0) is 17.4 Å². The highest BCUT2D eigenvalue weighted by molar-refractivity contribution is 7.98. The predicted molar refractivity (Wildman–Crippen MR) is 80.6 cm³/mol. The van der Waals surface area contributed by atoms with Crippen molar-refractivity contribution in [3.63, 3.8) is 0 Å². The van der Waals surface area contributed by atoms with Crippen molar-refractivity contribution in [3.05, 3.63) is 40.9 Å². The van der Waals surface area contributed by atoms with Crippen LogP contribution in [-0.4, -0.2) is 25.2 Å². The van der Waals surface area contributed by atoms with Gasteiger partial charge in [-0.15, -0.1) is 16.4 Å². The van der Waals surface area contributed by atoms with E-state index in [-0.39, 0.29) is 0 Å². The highest BCUT2D eigenvalue weighted by atomic mass is 32.2. The number of thiazole rings is 1. The van der Waals surface area contributed by atoms with Gasteiger partial charge in [-0.2, -0.15) is 0 Å². The molecule has 102 valence electrons. The molecule has 0 saturated carbocycles. The minimum absolute atomic E-state index is 0.774. The average Bonchev–Trinajstić information content (AvgIpc) is 3.06. The zero-order valence-corrected chi connectivity index (χ0v) is 12.8. The van der Waals surface area contributed by atoms with Gasteiger partial charge in [0, 0.05) is 23.7 Å². The van der Waals surface area contributed by atoms with Crippen LogP contribution in [0.4, 0.5) is 0 Å². The predicted octanol–water partition coefficient (Wildman–Crippen LogP) is 2.93. The molecule has 0 amide bonds. The molecule has 0 saturated heterocycles. The Kier molecular flexibility index (Phi) is 3.79. The van der Waals surface area contributed by atoms with Crippen molar-refractivity contribution in [2.75, 3.05) is 0 Å². The summed E-state index contributed by atoms with van der Waals surface area (Å²) in [7, 11) is 1.83. The molecular formula is C13H13N5S2. The second-order valence-electron chi connectivity index (χ2n) is 4.38. The van der Waals surface area contributed by atoms with E-state index in [0.29, 0.717) is 0 Å². The molecule has 0 unspecified atom stereocenters. The van der Waals surface area contributed by atoms with Gasteiger partial charge in [-0.25, -0.2) is 9.67 Å². The molecule has 0 fully saturated rings. The van der Waals surface area contributed by atoms with Crippen LogP contribution in [0, 0.1) is 6.92 Å². The molecule has 0 bridgehead atoms. The van der Waals surface area contributed by atoms with Crippen molar-refractivity contribution in [2.45, 2.75) is 17.8 Å². The van der Waals surface area contributed by atoms with E-state index in [2.05, 4.69) is 57.1 Å². The third kappa shape index (κ3) is 2.88. The maximum atomic E-state index is 4.66. The average molecular weight is 303 g/mol. The van der Waals surface area contributed by atoms with Gasteiger partial charge in [-0.3, -0.25) is 0 Å². The summed E-state index contributed by atoms with van der Waals surface area (Å²) in [4.78, 5) is 4.66. The third-order valence-electron chi connectivity index (χ3n) is 2.78. The van der Waals surface area contributed by atoms with E-state index in [0.717, 1.165) is 27.2 Å². The molecule has 3 aromatic rings. The molecule has 0 aliphatic rings. The summed E-state index contributed by atoms with van der Waals surface area (Å²) in [6.07, 6.45) is 0. The number of hydrogen-bond donors (Lipinski definition) is 0. The molecule has 0 spiro atoms. The summed E-state index contributed by atoms with van der Waals surface area (Å²) in [6, 6.07) is 8.43. The van der Waals surface area contributed by atoms with Crippen molar-refractivity contribution in [1.29, 1.82) is 0 Å². The van der Waals surface area contributed by atoms with Gasteiger partial charge < -0.3 is 0 Å². The molecule has 0 aliphatic heterocycles. The summed E-state index contributed by atoms with van der Waals surface area (Å²) >= 11 is 3.26. The van der Waals surface area contributed by atoms with Gasteiger partial charge in [0.05, 0.1) is 5.69 Å². The monoisotopic (exact) mass is 303 g/mol. The Bertz CT molecular complexity index is 702. The molecular weight excluding hydrogens is 290 g/mol. The molecule has 0 aliphatic carbocycles. The van der Waals surface area contributed by atoms with Gasteiger partial charge in [0.1, 0.15) is 5.01 Å². The van der Waals surface area contributed by atoms with E-state index >= 15 is 0 Å². The van der Waals surface area contributed by atoms with Crippen LogP contribution in [0.5, 0.6) is 0 Å². The van der Waals surface area contributed by atoms with Crippen LogP contribution in [0.25, 0.3) is 10.6 Å². The Hall–Kier alpha value is -1.73. The summed E-state index contributed by atoms with van der Waals surface area (Å²) in [6.45, 7) is 2.09. The molecule has 5 nitrogen and oxygen atoms in total. The topological polar surface area (TPSA) is 56.5 Å². The minimum atomic E-state index is 0.774. The largest absolute Gasteiger partial charge is 0.240 e. The molecule has 2 aromatic heterocycles. The second-order valence-corrected chi connectivity index (χ2v) is 6.18. The Morgan fingerprint density at radius 3 is 2.75 bits per heavy atom. The standard InChI is InChI=1S/C13H13N5S2/c1-9-3-5-10(6-4-9)12-14-11(7-19-12)8-20-13-15-16-17-18(13)2/h3-7H,8H2,1-2H3. The van der Waals surface area contributed by atoms with Crippen molar-refractivity contribution < 1.29 is 0 Å². The number of thioether (sulfide) groups is 1. The van der Waals surface area contributed by atoms with Crippen molar-refractivity contribution in [3.8, 4) is 10.6 Å². The molecule has 20 heavy (non-hydrogen) atoms. The zero-order chi connectivity index (χ0) is 13.9. The lowest BCUT2D eigenvalue weighted by Crippen LogP contribution is -1.93.